The molecule has 2 aliphatic heterocycles. The summed E-state index contributed by atoms with van der Waals surface area (Å²) in [5.74, 6) is 0.258. The second-order valence-corrected chi connectivity index (χ2v) is 8.17. The third kappa shape index (κ3) is 4.98. The third-order valence-electron chi connectivity index (χ3n) is 6.35. The Bertz CT molecular complexity index is 778. The molecule has 0 aromatic heterocycles. The molecule has 4 rings (SSSR count). The van der Waals surface area contributed by atoms with E-state index in [9.17, 15) is 4.79 Å². The van der Waals surface area contributed by atoms with Crippen molar-refractivity contribution in [1.82, 2.24) is 10.2 Å². The Kier molecular flexibility index (Phi) is 6.47. The lowest BCUT2D eigenvalue weighted by Gasteiger charge is -2.35. The molecule has 0 spiro atoms. The number of piperazine rings is 1. The van der Waals surface area contributed by atoms with Gasteiger partial charge < -0.3 is 15.5 Å². The standard InChI is InChI=1S/C24H32N4O/c1-19(20-5-3-2-4-6-20)27-15-11-21(12-16-27)24(29)26-22-7-9-23(10-8-22)28-17-13-25-14-18-28/h2-10,19,21,25H,11-18H2,1H3,(H,26,29). The van der Waals surface area contributed by atoms with Gasteiger partial charge in [0.15, 0.2) is 0 Å². The highest BCUT2D eigenvalue weighted by Crippen LogP contribution is 2.27. The molecule has 5 nitrogen and oxygen atoms in total. The van der Waals surface area contributed by atoms with E-state index in [0.29, 0.717) is 6.04 Å². The third-order valence-corrected chi connectivity index (χ3v) is 6.35. The van der Waals surface area contributed by atoms with Crippen LogP contribution in [0, 0.1) is 5.92 Å². The van der Waals surface area contributed by atoms with E-state index >= 15 is 0 Å². The maximum absolute atomic E-state index is 12.8. The normalized spacial score (nSPS) is 19.7. The van der Waals surface area contributed by atoms with Gasteiger partial charge >= 0.3 is 0 Å². The molecule has 2 saturated heterocycles. The Morgan fingerprint density at radius 1 is 0.966 bits per heavy atom. The van der Waals surface area contributed by atoms with Gasteiger partial charge in [0.25, 0.3) is 0 Å². The zero-order valence-electron chi connectivity index (χ0n) is 17.3. The van der Waals surface area contributed by atoms with Crippen molar-refractivity contribution in [3.8, 4) is 0 Å². The summed E-state index contributed by atoms with van der Waals surface area (Å²) in [6.07, 6.45) is 1.84. The first-order valence-corrected chi connectivity index (χ1v) is 10.9. The van der Waals surface area contributed by atoms with Crippen LogP contribution in [0.3, 0.4) is 0 Å². The van der Waals surface area contributed by atoms with Crippen LogP contribution in [-0.4, -0.2) is 50.1 Å². The minimum absolute atomic E-state index is 0.0991. The van der Waals surface area contributed by atoms with Crippen LogP contribution in [-0.2, 0) is 4.79 Å². The van der Waals surface area contributed by atoms with Crippen molar-refractivity contribution in [3.63, 3.8) is 0 Å². The zero-order chi connectivity index (χ0) is 20.1. The summed E-state index contributed by atoms with van der Waals surface area (Å²) in [5, 5.41) is 6.50. The quantitative estimate of drug-likeness (QED) is 0.818. The second kappa shape index (κ2) is 9.42. The van der Waals surface area contributed by atoms with Gasteiger partial charge in [0.1, 0.15) is 0 Å². The molecule has 0 radical (unpaired) electrons. The molecule has 2 aliphatic rings. The number of nitrogens with zero attached hydrogens (tertiary/aromatic N) is 2. The number of carbonyl (C=O) groups is 1. The molecule has 154 valence electrons. The van der Waals surface area contributed by atoms with Gasteiger partial charge in [-0.2, -0.15) is 0 Å². The van der Waals surface area contributed by atoms with E-state index in [1.165, 1.54) is 11.3 Å². The minimum Gasteiger partial charge on any atom is -0.369 e. The van der Waals surface area contributed by atoms with E-state index in [0.717, 1.165) is 57.8 Å². The van der Waals surface area contributed by atoms with E-state index in [-0.39, 0.29) is 11.8 Å². The molecule has 5 heteroatoms. The molecule has 0 aliphatic carbocycles. The summed E-state index contributed by atoms with van der Waals surface area (Å²) >= 11 is 0. The highest BCUT2D eigenvalue weighted by atomic mass is 16.1. The van der Waals surface area contributed by atoms with E-state index < -0.39 is 0 Å². The number of anilines is 2. The number of likely N-dealkylation sites (tertiary alicyclic amines) is 1. The fourth-order valence-corrected chi connectivity index (χ4v) is 4.41. The van der Waals surface area contributed by atoms with Crippen LogP contribution in [0.15, 0.2) is 54.6 Å². The predicted molar refractivity (Wildman–Crippen MR) is 119 cm³/mol. The predicted octanol–water partition coefficient (Wildman–Crippen LogP) is 3.51. The Morgan fingerprint density at radius 3 is 2.28 bits per heavy atom. The Balaban J connectivity index is 1.27. The summed E-state index contributed by atoms with van der Waals surface area (Å²) < 4.78 is 0. The van der Waals surface area contributed by atoms with Crippen molar-refractivity contribution in [2.45, 2.75) is 25.8 Å². The topological polar surface area (TPSA) is 47.6 Å². The summed E-state index contributed by atoms with van der Waals surface area (Å²) in [5.41, 5.74) is 3.47. The van der Waals surface area contributed by atoms with Crippen molar-refractivity contribution in [2.24, 2.45) is 5.92 Å². The summed E-state index contributed by atoms with van der Waals surface area (Å²) in [6.45, 7) is 8.32. The van der Waals surface area contributed by atoms with Crippen molar-refractivity contribution in [3.05, 3.63) is 60.2 Å². The lowest BCUT2D eigenvalue weighted by Crippen LogP contribution is -2.43. The average Bonchev–Trinajstić information content (AvgIpc) is 2.80. The van der Waals surface area contributed by atoms with Crippen molar-refractivity contribution in [1.29, 1.82) is 0 Å². The molecule has 2 aromatic carbocycles. The first kappa shape index (κ1) is 19.9. The van der Waals surface area contributed by atoms with Crippen LogP contribution in [0.2, 0.25) is 0 Å². The second-order valence-electron chi connectivity index (χ2n) is 8.17. The number of amides is 1. The lowest BCUT2D eigenvalue weighted by molar-refractivity contribution is -0.121. The van der Waals surface area contributed by atoms with Crippen LogP contribution >= 0.6 is 0 Å². The minimum atomic E-state index is 0.0991. The van der Waals surface area contributed by atoms with Gasteiger partial charge in [-0.1, -0.05) is 30.3 Å². The van der Waals surface area contributed by atoms with Gasteiger partial charge in [-0.3, -0.25) is 9.69 Å². The van der Waals surface area contributed by atoms with E-state index in [1.54, 1.807) is 0 Å². The van der Waals surface area contributed by atoms with Gasteiger partial charge in [0.2, 0.25) is 5.91 Å². The number of hydrogen-bond acceptors (Lipinski definition) is 4. The molecule has 2 aromatic rings. The molecule has 0 saturated carbocycles. The first-order chi connectivity index (χ1) is 14.2. The highest BCUT2D eigenvalue weighted by molar-refractivity contribution is 5.92. The van der Waals surface area contributed by atoms with Crippen LogP contribution in [0.25, 0.3) is 0 Å². The molecule has 1 atom stereocenters. The largest absolute Gasteiger partial charge is 0.369 e. The monoisotopic (exact) mass is 392 g/mol. The van der Waals surface area contributed by atoms with Gasteiger partial charge in [-0.05, 0) is 62.7 Å². The van der Waals surface area contributed by atoms with Crippen molar-refractivity contribution >= 4 is 17.3 Å². The fourth-order valence-electron chi connectivity index (χ4n) is 4.41. The van der Waals surface area contributed by atoms with Crippen LogP contribution < -0.4 is 15.5 Å². The number of nitrogens with one attached hydrogen (secondary N) is 2. The van der Waals surface area contributed by atoms with E-state index in [2.05, 4.69) is 69.8 Å². The molecular weight excluding hydrogens is 360 g/mol. The fraction of sp³-hybridized carbons (Fsp3) is 0.458. The van der Waals surface area contributed by atoms with E-state index in [4.69, 9.17) is 0 Å². The number of carbonyl (C=O) groups excluding carboxylic acids is 1. The highest BCUT2D eigenvalue weighted by Gasteiger charge is 2.27. The van der Waals surface area contributed by atoms with E-state index in [1.807, 2.05) is 12.1 Å². The summed E-state index contributed by atoms with van der Waals surface area (Å²) in [6, 6.07) is 19.3. The molecule has 2 N–H and O–H groups in total. The molecular formula is C24H32N4O. The summed E-state index contributed by atoms with van der Waals surface area (Å²) in [7, 11) is 0. The first-order valence-electron chi connectivity index (χ1n) is 10.9. The number of piperidine rings is 1. The zero-order valence-corrected chi connectivity index (χ0v) is 17.3. The number of benzene rings is 2. The average molecular weight is 393 g/mol. The number of hydrogen-bond donors (Lipinski definition) is 2. The maximum Gasteiger partial charge on any atom is 0.227 e. The molecule has 29 heavy (non-hydrogen) atoms. The Morgan fingerprint density at radius 2 is 1.62 bits per heavy atom. The Hall–Kier alpha value is -2.37. The molecule has 2 fully saturated rings. The smallest absolute Gasteiger partial charge is 0.227 e. The van der Waals surface area contributed by atoms with Gasteiger partial charge in [-0.25, -0.2) is 0 Å². The van der Waals surface area contributed by atoms with Gasteiger partial charge in [-0.15, -0.1) is 0 Å². The SMILES string of the molecule is CC(c1ccccc1)N1CCC(C(=O)Nc2ccc(N3CCNCC3)cc2)CC1. The molecule has 2 heterocycles. The van der Waals surface area contributed by atoms with Gasteiger partial charge in [0, 0.05) is 49.5 Å². The van der Waals surface area contributed by atoms with Crippen LogP contribution in [0.4, 0.5) is 11.4 Å². The maximum atomic E-state index is 12.8. The Labute approximate surface area is 174 Å². The number of rotatable bonds is 5. The molecule has 0 bridgehead atoms. The van der Waals surface area contributed by atoms with Crippen molar-refractivity contribution in [2.75, 3.05) is 49.5 Å². The van der Waals surface area contributed by atoms with Crippen LogP contribution in [0.5, 0.6) is 0 Å². The lowest BCUT2D eigenvalue weighted by atomic mass is 9.93. The molecule has 1 amide bonds. The molecule has 1 unspecified atom stereocenters. The summed E-state index contributed by atoms with van der Waals surface area (Å²) in [4.78, 5) is 17.6. The van der Waals surface area contributed by atoms with Crippen LogP contribution in [0.1, 0.15) is 31.4 Å². The van der Waals surface area contributed by atoms with Crippen molar-refractivity contribution < 1.29 is 4.79 Å². The van der Waals surface area contributed by atoms with Gasteiger partial charge in [0.05, 0.1) is 0 Å².